The molecule has 4 rings (SSSR count). The molecule has 184 valence electrons. The Kier molecular flexibility index (Phi) is 7.54. The molecule has 0 saturated carbocycles. The van der Waals surface area contributed by atoms with Crippen molar-refractivity contribution in [1.82, 2.24) is 9.80 Å². The molecular weight excluding hydrogens is 496 g/mol. The average molecular weight is 525 g/mol. The molecule has 2 saturated heterocycles. The molecule has 2 aromatic rings. The number of benzene rings is 1. The van der Waals surface area contributed by atoms with Crippen LogP contribution in [0.5, 0.6) is 5.75 Å². The number of carbonyl (C=O) groups is 2. The molecule has 10 heteroatoms. The lowest BCUT2D eigenvalue weighted by molar-refractivity contribution is -0.133. The number of halogens is 1. The number of nitrogens with zero attached hydrogens (tertiary/aromatic N) is 2. The van der Waals surface area contributed by atoms with Crippen LogP contribution < -0.4 is 4.74 Å². The third-order valence-electron chi connectivity index (χ3n) is 6.74. The minimum absolute atomic E-state index is 0.00621. The number of likely N-dealkylation sites (tertiary alicyclic amines) is 2. The number of rotatable bonds is 7. The average Bonchev–Trinajstić information content (AvgIpc) is 3.41. The smallest absolute Gasteiger partial charge is 0.265 e. The summed E-state index contributed by atoms with van der Waals surface area (Å²) in [6.07, 6.45) is 4.82. The van der Waals surface area contributed by atoms with E-state index in [1.54, 1.807) is 4.90 Å². The molecule has 0 aliphatic carbocycles. The molecule has 2 amide bonds. The Labute approximate surface area is 209 Å². The number of hydrogen-bond acceptors (Lipinski definition) is 6. The minimum Gasteiger partial charge on any atom is -0.494 e. The highest BCUT2D eigenvalue weighted by Gasteiger charge is 2.43. The quantitative estimate of drug-likeness (QED) is 0.509. The Balaban J connectivity index is 1.25. The zero-order valence-corrected chi connectivity index (χ0v) is 21.6. The molecular formula is C24H29ClN2O5S2. The van der Waals surface area contributed by atoms with E-state index in [0.717, 1.165) is 42.6 Å². The lowest BCUT2D eigenvalue weighted by Crippen LogP contribution is -2.44. The molecule has 2 fully saturated rings. The molecule has 1 aromatic carbocycles. The second-order valence-corrected chi connectivity index (χ2v) is 12.4. The van der Waals surface area contributed by atoms with Crippen molar-refractivity contribution in [2.24, 2.45) is 5.41 Å². The van der Waals surface area contributed by atoms with Gasteiger partial charge < -0.3 is 14.5 Å². The fourth-order valence-corrected chi connectivity index (χ4v) is 7.58. The van der Waals surface area contributed by atoms with Crippen molar-refractivity contribution in [2.45, 2.75) is 37.0 Å². The maximum absolute atomic E-state index is 13.0. The number of sulfone groups is 1. The van der Waals surface area contributed by atoms with Gasteiger partial charge in [-0.05, 0) is 43.2 Å². The molecule has 2 aliphatic heterocycles. The van der Waals surface area contributed by atoms with Crippen LogP contribution in [0.1, 0.15) is 41.8 Å². The van der Waals surface area contributed by atoms with E-state index in [2.05, 4.69) is 0 Å². The summed E-state index contributed by atoms with van der Waals surface area (Å²) in [5.41, 5.74) is 0.00621. The Bertz CT molecular complexity index is 1140. The van der Waals surface area contributed by atoms with E-state index in [9.17, 15) is 18.0 Å². The number of ether oxygens (including phenoxy) is 1. The van der Waals surface area contributed by atoms with E-state index >= 15 is 0 Å². The number of piperidine rings is 1. The summed E-state index contributed by atoms with van der Waals surface area (Å²) in [4.78, 5) is 29.7. The van der Waals surface area contributed by atoms with Crippen LogP contribution in [0.2, 0.25) is 5.02 Å². The first-order chi connectivity index (χ1) is 16.2. The Morgan fingerprint density at radius 3 is 2.35 bits per heavy atom. The van der Waals surface area contributed by atoms with E-state index in [4.69, 9.17) is 16.3 Å². The van der Waals surface area contributed by atoms with E-state index < -0.39 is 9.84 Å². The van der Waals surface area contributed by atoms with Gasteiger partial charge in [0, 0.05) is 44.2 Å². The number of amides is 2. The van der Waals surface area contributed by atoms with Crippen LogP contribution in [0.15, 0.2) is 40.6 Å². The molecule has 2 aliphatic rings. The van der Waals surface area contributed by atoms with E-state index in [1.807, 2.05) is 35.2 Å². The lowest BCUT2D eigenvalue weighted by Gasteiger charge is -2.39. The normalized spacial score (nSPS) is 17.8. The summed E-state index contributed by atoms with van der Waals surface area (Å²) >= 11 is 7.31. The summed E-state index contributed by atoms with van der Waals surface area (Å²) in [5, 5.41) is 1.46. The molecule has 1 aromatic heterocycles. The largest absolute Gasteiger partial charge is 0.494 e. The van der Waals surface area contributed by atoms with E-state index in [1.165, 1.54) is 5.38 Å². The topological polar surface area (TPSA) is 84.0 Å². The van der Waals surface area contributed by atoms with Gasteiger partial charge in [0.1, 0.15) is 10.6 Å². The van der Waals surface area contributed by atoms with Crippen molar-refractivity contribution in [2.75, 3.05) is 39.0 Å². The predicted molar refractivity (Wildman–Crippen MR) is 132 cm³/mol. The van der Waals surface area contributed by atoms with Gasteiger partial charge in [-0.3, -0.25) is 9.59 Å². The second kappa shape index (κ2) is 10.3. The summed E-state index contributed by atoms with van der Waals surface area (Å²) in [5.74, 6) is 0.751. The summed E-state index contributed by atoms with van der Waals surface area (Å²) in [6.45, 7) is 3.13. The van der Waals surface area contributed by atoms with Crippen LogP contribution in [-0.4, -0.2) is 69.1 Å². The number of thiophene rings is 1. The van der Waals surface area contributed by atoms with Gasteiger partial charge in [-0.15, -0.1) is 11.3 Å². The van der Waals surface area contributed by atoms with Crippen molar-refractivity contribution in [3.8, 4) is 5.75 Å². The molecule has 7 nitrogen and oxygen atoms in total. The van der Waals surface area contributed by atoms with Crippen molar-refractivity contribution >= 4 is 44.6 Å². The Morgan fingerprint density at radius 2 is 1.74 bits per heavy atom. The van der Waals surface area contributed by atoms with Gasteiger partial charge in [-0.25, -0.2) is 8.42 Å². The van der Waals surface area contributed by atoms with Gasteiger partial charge in [0.05, 0.1) is 16.5 Å². The summed E-state index contributed by atoms with van der Waals surface area (Å²) in [7, 11) is -3.47. The fourth-order valence-electron chi connectivity index (χ4n) is 4.70. The minimum atomic E-state index is -3.47. The molecule has 0 unspecified atom stereocenters. The lowest BCUT2D eigenvalue weighted by atomic mass is 9.77. The molecule has 1 spiro atoms. The van der Waals surface area contributed by atoms with Crippen LogP contribution in [0, 0.1) is 5.41 Å². The molecule has 34 heavy (non-hydrogen) atoms. The summed E-state index contributed by atoms with van der Waals surface area (Å²) in [6, 6.07) is 9.58. The van der Waals surface area contributed by atoms with Crippen molar-refractivity contribution in [3.63, 3.8) is 0 Å². The zero-order chi connectivity index (χ0) is 24.3. The van der Waals surface area contributed by atoms with Crippen LogP contribution in [0.25, 0.3) is 0 Å². The Hall–Kier alpha value is -2.10. The third-order valence-corrected chi connectivity index (χ3v) is 9.60. The first kappa shape index (κ1) is 25.0. The van der Waals surface area contributed by atoms with Crippen molar-refractivity contribution in [3.05, 3.63) is 45.6 Å². The number of carbonyl (C=O) groups excluding carboxylic acids is 2. The predicted octanol–water partition coefficient (Wildman–Crippen LogP) is 4.12. The molecule has 3 heterocycles. The highest BCUT2D eigenvalue weighted by molar-refractivity contribution is 7.91. The van der Waals surface area contributed by atoms with Crippen LogP contribution in [0.4, 0.5) is 0 Å². The fraction of sp³-hybridized carbons (Fsp3) is 0.500. The first-order valence-corrected chi connectivity index (χ1v) is 14.6. The third kappa shape index (κ3) is 5.58. The van der Waals surface area contributed by atoms with Crippen molar-refractivity contribution in [1.29, 1.82) is 0 Å². The molecule has 0 N–H and O–H groups in total. The standard InChI is InChI=1S/C24H29ClN2O5S2/c1-34(30,31)19-16-33-22(21(19)25)23(29)27-14-11-24(17-27)9-12-26(13-10-24)20(28)8-5-15-32-18-6-3-2-4-7-18/h2-4,6-7,16H,5,8-15,17H2,1H3. The van der Waals surface area contributed by atoms with Crippen LogP contribution in [0.3, 0.4) is 0 Å². The summed E-state index contributed by atoms with van der Waals surface area (Å²) < 4.78 is 29.4. The van der Waals surface area contributed by atoms with Crippen LogP contribution >= 0.6 is 22.9 Å². The van der Waals surface area contributed by atoms with Gasteiger partial charge in [0.15, 0.2) is 9.84 Å². The number of para-hydroxylation sites is 1. The van der Waals surface area contributed by atoms with Gasteiger partial charge in [0.2, 0.25) is 5.91 Å². The zero-order valence-electron chi connectivity index (χ0n) is 19.2. The molecule has 0 bridgehead atoms. The van der Waals surface area contributed by atoms with E-state index in [0.29, 0.717) is 45.6 Å². The van der Waals surface area contributed by atoms with Gasteiger partial charge >= 0.3 is 0 Å². The highest BCUT2D eigenvalue weighted by atomic mass is 35.5. The first-order valence-electron chi connectivity index (χ1n) is 11.4. The van der Waals surface area contributed by atoms with Gasteiger partial charge in [-0.2, -0.15) is 0 Å². The highest BCUT2D eigenvalue weighted by Crippen LogP contribution is 2.42. The maximum atomic E-state index is 13.0. The molecule has 0 atom stereocenters. The Morgan fingerprint density at radius 1 is 1.09 bits per heavy atom. The van der Waals surface area contributed by atoms with Gasteiger partial charge in [0.25, 0.3) is 5.91 Å². The van der Waals surface area contributed by atoms with Crippen molar-refractivity contribution < 1.29 is 22.7 Å². The number of hydrogen-bond donors (Lipinski definition) is 0. The SMILES string of the molecule is CS(=O)(=O)c1csc(C(=O)N2CCC3(CCN(C(=O)CCCOc4ccccc4)CC3)C2)c1Cl. The van der Waals surface area contributed by atoms with Crippen LogP contribution in [-0.2, 0) is 14.6 Å². The maximum Gasteiger partial charge on any atom is 0.265 e. The van der Waals surface area contributed by atoms with E-state index in [-0.39, 0.29) is 32.0 Å². The van der Waals surface area contributed by atoms with Gasteiger partial charge in [-0.1, -0.05) is 29.8 Å². The molecule has 0 radical (unpaired) electrons. The second-order valence-electron chi connectivity index (χ2n) is 9.14. The monoisotopic (exact) mass is 524 g/mol.